The second-order valence-corrected chi connectivity index (χ2v) is 15.5. The van der Waals surface area contributed by atoms with Crippen LogP contribution in [0.4, 0.5) is 14.4 Å². The van der Waals surface area contributed by atoms with Crippen LogP contribution in [-0.2, 0) is 32.5 Å². The Hall–Kier alpha value is -5.85. The summed E-state index contributed by atoms with van der Waals surface area (Å²) in [6.45, 7) is 11.0. The fourth-order valence-corrected chi connectivity index (χ4v) is 6.47. The standard InChI is InChI=1S/C42H52N6O7/c1-41(2,3)54-39(51)46-37(47-40(52)55-42(4,5)6)44-23-15-14-22-43-36(49)34(24-27-25-48(7)35-21-13-12-16-28(27)35)45-38(50)53-26-33-31-19-10-8-17-29(31)30-18-9-11-20-32(30)33/h8-13,16-21,25,33-34H,14-15,22-24,26H2,1-7H3,(H,43,49)(H,45,50)(H2,44,46,47,51,52). The molecule has 0 saturated carbocycles. The molecule has 0 bridgehead atoms. The van der Waals surface area contributed by atoms with E-state index in [0.717, 1.165) is 38.7 Å². The summed E-state index contributed by atoms with van der Waals surface area (Å²) in [5.41, 5.74) is 4.85. The predicted octanol–water partition coefficient (Wildman–Crippen LogP) is 6.93. The second kappa shape index (κ2) is 17.5. The largest absolute Gasteiger partial charge is 0.449 e. The number of nitrogens with one attached hydrogen (secondary N) is 4. The number of hydrogen-bond donors (Lipinski definition) is 4. The van der Waals surface area contributed by atoms with Gasteiger partial charge in [-0.05, 0) is 88.3 Å². The van der Waals surface area contributed by atoms with Crippen molar-refractivity contribution in [3.63, 3.8) is 0 Å². The Bertz CT molecular complexity index is 1960. The highest BCUT2D eigenvalue weighted by molar-refractivity contribution is 6.01. The van der Waals surface area contributed by atoms with Crippen LogP contribution < -0.4 is 21.3 Å². The fourth-order valence-electron chi connectivity index (χ4n) is 6.47. The number of unbranched alkanes of at least 4 members (excludes halogenated alkanes) is 1. The van der Waals surface area contributed by atoms with Crippen molar-refractivity contribution in [2.45, 2.75) is 84.0 Å². The molecule has 4 N–H and O–H groups in total. The van der Waals surface area contributed by atoms with E-state index in [-0.39, 0.29) is 37.4 Å². The molecular formula is C42H52N6O7. The number of fused-ring (bicyclic) bond motifs is 4. The molecule has 3 aromatic carbocycles. The van der Waals surface area contributed by atoms with Crippen molar-refractivity contribution in [1.29, 1.82) is 0 Å². The molecule has 4 aromatic rings. The number of carbonyl (C=O) groups is 4. The van der Waals surface area contributed by atoms with E-state index in [4.69, 9.17) is 14.2 Å². The van der Waals surface area contributed by atoms with Crippen LogP contribution in [0, 0.1) is 0 Å². The predicted molar refractivity (Wildman–Crippen MR) is 212 cm³/mol. The number of amides is 4. The van der Waals surface area contributed by atoms with Crippen LogP contribution in [0.1, 0.15) is 77.0 Å². The second-order valence-electron chi connectivity index (χ2n) is 15.5. The first-order chi connectivity index (χ1) is 26.1. The van der Waals surface area contributed by atoms with Gasteiger partial charge < -0.3 is 29.4 Å². The lowest BCUT2D eigenvalue weighted by Gasteiger charge is -2.22. The molecule has 5 rings (SSSR count). The van der Waals surface area contributed by atoms with Crippen molar-refractivity contribution in [2.75, 3.05) is 19.7 Å². The Morgan fingerprint density at radius 1 is 0.764 bits per heavy atom. The zero-order valence-electron chi connectivity index (χ0n) is 32.7. The molecule has 0 aliphatic heterocycles. The highest BCUT2D eigenvalue weighted by atomic mass is 16.6. The molecule has 1 unspecified atom stereocenters. The van der Waals surface area contributed by atoms with Gasteiger partial charge in [0, 0.05) is 49.6 Å². The molecule has 4 amide bonds. The first kappa shape index (κ1) is 40.3. The zero-order valence-corrected chi connectivity index (χ0v) is 32.7. The third-order valence-corrected chi connectivity index (χ3v) is 8.75. The number of para-hydroxylation sites is 1. The van der Waals surface area contributed by atoms with Crippen LogP contribution in [-0.4, -0.2) is 71.7 Å². The molecule has 292 valence electrons. The van der Waals surface area contributed by atoms with Crippen molar-refractivity contribution in [3.8, 4) is 11.1 Å². The normalized spacial score (nSPS) is 12.9. The Morgan fingerprint density at radius 3 is 1.93 bits per heavy atom. The van der Waals surface area contributed by atoms with Crippen molar-refractivity contribution in [1.82, 2.24) is 25.8 Å². The number of carbonyl (C=O) groups excluding carboxylic acids is 4. The summed E-state index contributed by atoms with van der Waals surface area (Å²) < 4.78 is 18.4. The maximum absolute atomic E-state index is 13.7. The molecular weight excluding hydrogens is 700 g/mol. The van der Waals surface area contributed by atoms with Crippen LogP contribution in [0.3, 0.4) is 0 Å². The SMILES string of the molecule is Cn1cc(CC(NC(=O)OCC2c3ccccc3-c3ccccc32)C(=O)NCCCCN=C(NC(=O)OC(C)(C)C)NC(=O)OC(C)(C)C)c2ccccc21. The minimum absolute atomic E-state index is 0.116. The summed E-state index contributed by atoms with van der Waals surface area (Å²) in [5, 5.41) is 11.7. The van der Waals surface area contributed by atoms with Gasteiger partial charge in [0.2, 0.25) is 11.9 Å². The van der Waals surface area contributed by atoms with E-state index in [9.17, 15) is 19.2 Å². The Balaban J connectivity index is 1.20. The highest BCUT2D eigenvalue weighted by Gasteiger charge is 2.30. The van der Waals surface area contributed by atoms with Crippen LogP contribution in [0.15, 0.2) is 84.0 Å². The average Bonchev–Trinajstić information content (AvgIpc) is 3.60. The smallest absolute Gasteiger partial charge is 0.414 e. The minimum Gasteiger partial charge on any atom is -0.449 e. The van der Waals surface area contributed by atoms with Gasteiger partial charge in [-0.25, -0.2) is 14.4 Å². The number of aryl methyl sites for hydroxylation is 1. The maximum atomic E-state index is 13.7. The van der Waals surface area contributed by atoms with Gasteiger partial charge in [-0.2, -0.15) is 0 Å². The van der Waals surface area contributed by atoms with Gasteiger partial charge >= 0.3 is 18.3 Å². The quantitative estimate of drug-likeness (QED) is 0.0559. The van der Waals surface area contributed by atoms with E-state index in [1.54, 1.807) is 41.5 Å². The number of alkyl carbamates (subject to hydrolysis) is 3. The fraction of sp³-hybridized carbons (Fsp3) is 0.405. The summed E-state index contributed by atoms with van der Waals surface area (Å²) in [4.78, 5) is 56.2. The number of aromatic nitrogens is 1. The molecule has 1 aliphatic carbocycles. The Kier molecular flexibility index (Phi) is 12.9. The lowest BCUT2D eigenvalue weighted by molar-refractivity contribution is -0.123. The van der Waals surface area contributed by atoms with Crippen LogP contribution in [0.5, 0.6) is 0 Å². The monoisotopic (exact) mass is 752 g/mol. The van der Waals surface area contributed by atoms with E-state index in [1.807, 2.05) is 66.3 Å². The zero-order chi connectivity index (χ0) is 39.8. The molecule has 0 saturated heterocycles. The van der Waals surface area contributed by atoms with E-state index in [1.165, 1.54) is 0 Å². The van der Waals surface area contributed by atoms with Crippen LogP contribution >= 0.6 is 0 Å². The summed E-state index contributed by atoms with van der Waals surface area (Å²) in [5.74, 6) is -0.593. The Labute approximate surface area is 322 Å². The van der Waals surface area contributed by atoms with E-state index in [0.29, 0.717) is 19.4 Å². The average molecular weight is 753 g/mol. The third kappa shape index (κ3) is 11.3. The van der Waals surface area contributed by atoms with Crippen molar-refractivity contribution < 1.29 is 33.4 Å². The van der Waals surface area contributed by atoms with Gasteiger partial charge in [0.25, 0.3) is 0 Å². The summed E-state index contributed by atoms with van der Waals surface area (Å²) in [7, 11) is 1.94. The number of hydrogen-bond acceptors (Lipinski definition) is 8. The third-order valence-electron chi connectivity index (χ3n) is 8.75. The maximum Gasteiger partial charge on any atom is 0.414 e. The lowest BCUT2D eigenvalue weighted by Crippen LogP contribution is -2.48. The molecule has 13 heteroatoms. The summed E-state index contributed by atoms with van der Waals surface area (Å²) >= 11 is 0. The molecule has 13 nitrogen and oxygen atoms in total. The lowest BCUT2D eigenvalue weighted by atomic mass is 9.98. The van der Waals surface area contributed by atoms with Crippen LogP contribution in [0.2, 0.25) is 0 Å². The first-order valence-electron chi connectivity index (χ1n) is 18.5. The molecule has 1 aromatic heterocycles. The molecule has 1 heterocycles. The van der Waals surface area contributed by atoms with E-state index in [2.05, 4.69) is 50.5 Å². The van der Waals surface area contributed by atoms with Crippen molar-refractivity contribution >= 4 is 41.0 Å². The van der Waals surface area contributed by atoms with Gasteiger partial charge in [-0.1, -0.05) is 66.7 Å². The summed E-state index contributed by atoms with van der Waals surface area (Å²) in [6.07, 6.45) is 0.996. The molecule has 0 spiro atoms. The van der Waals surface area contributed by atoms with Crippen molar-refractivity contribution in [3.05, 3.63) is 95.7 Å². The van der Waals surface area contributed by atoms with E-state index < -0.39 is 35.5 Å². The molecule has 1 aliphatic rings. The Morgan fingerprint density at radius 2 is 1.33 bits per heavy atom. The van der Waals surface area contributed by atoms with Gasteiger partial charge in [0.1, 0.15) is 23.9 Å². The molecule has 1 atom stereocenters. The van der Waals surface area contributed by atoms with Gasteiger partial charge in [0.15, 0.2) is 0 Å². The molecule has 0 radical (unpaired) electrons. The van der Waals surface area contributed by atoms with Gasteiger partial charge in [-0.3, -0.25) is 20.4 Å². The number of benzene rings is 3. The number of rotatable bonds is 11. The number of guanidine groups is 1. The highest BCUT2D eigenvalue weighted by Crippen LogP contribution is 2.44. The van der Waals surface area contributed by atoms with Crippen LogP contribution in [0.25, 0.3) is 22.0 Å². The van der Waals surface area contributed by atoms with Crippen molar-refractivity contribution in [2.24, 2.45) is 12.0 Å². The number of aliphatic imine (C=N–C) groups is 1. The molecule has 55 heavy (non-hydrogen) atoms. The van der Waals surface area contributed by atoms with Gasteiger partial charge in [-0.15, -0.1) is 0 Å². The summed E-state index contributed by atoms with van der Waals surface area (Å²) in [6, 6.07) is 23.2. The topological polar surface area (TPSA) is 161 Å². The van der Waals surface area contributed by atoms with E-state index >= 15 is 0 Å². The molecule has 0 fully saturated rings. The number of nitrogens with zero attached hydrogens (tertiary/aromatic N) is 2. The number of ether oxygens (including phenoxy) is 3. The van der Waals surface area contributed by atoms with Gasteiger partial charge in [0.05, 0.1) is 0 Å². The first-order valence-corrected chi connectivity index (χ1v) is 18.5. The minimum atomic E-state index is -0.915.